The van der Waals surface area contributed by atoms with Gasteiger partial charge in [-0.25, -0.2) is 9.59 Å². The number of carboxylic acids is 1. The topological polar surface area (TPSA) is 168 Å². The van der Waals surface area contributed by atoms with Crippen LogP contribution in [-0.2, 0) is 27.4 Å². The van der Waals surface area contributed by atoms with Crippen LogP contribution in [0, 0.1) is 10.1 Å². The van der Waals surface area contributed by atoms with Gasteiger partial charge in [-0.15, -0.1) is 0 Å². The van der Waals surface area contributed by atoms with E-state index in [1.165, 1.54) is 24.3 Å². The average Bonchev–Trinajstić information content (AvgIpc) is 2.76. The minimum atomic E-state index is -1.30. The number of carboxylic acid groups (broad SMARTS) is 1. The molecule has 0 unspecified atom stereocenters. The molecule has 11 heteroatoms. The summed E-state index contributed by atoms with van der Waals surface area (Å²) in [6, 6.07) is 13.0. The van der Waals surface area contributed by atoms with E-state index < -0.39 is 41.5 Å². The van der Waals surface area contributed by atoms with Crippen molar-refractivity contribution in [1.82, 2.24) is 10.6 Å². The predicted molar refractivity (Wildman–Crippen MR) is 112 cm³/mol. The molecule has 0 heterocycles. The number of aliphatic carboxylic acids is 1. The van der Waals surface area contributed by atoms with E-state index >= 15 is 0 Å². The van der Waals surface area contributed by atoms with Crippen LogP contribution < -0.4 is 10.6 Å². The standard InChI is InChI=1S/C21H23N3O8/c25-17(12-22-21(29)32-13-15-4-2-1-3-5-15)11-19(26)23-18(20(27)28)10-14-6-8-16(9-7-14)24(30)31/h1-9,17-18,25H,10-13H2,(H,22,29)(H,23,26)(H,27,28)/t17-,18-/m1/s1. The van der Waals surface area contributed by atoms with Gasteiger partial charge in [-0.1, -0.05) is 42.5 Å². The predicted octanol–water partition coefficient (Wildman–Crippen LogP) is 1.38. The molecule has 2 atom stereocenters. The summed E-state index contributed by atoms with van der Waals surface area (Å²) in [6.07, 6.45) is -2.56. The second kappa shape index (κ2) is 12.0. The lowest BCUT2D eigenvalue weighted by molar-refractivity contribution is -0.384. The highest BCUT2D eigenvalue weighted by atomic mass is 16.6. The van der Waals surface area contributed by atoms with Crippen LogP contribution in [0.3, 0.4) is 0 Å². The number of carbonyl (C=O) groups excluding carboxylic acids is 2. The molecule has 0 saturated carbocycles. The van der Waals surface area contributed by atoms with Crippen molar-refractivity contribution < 1.29 is 34.3 Å². The van der Waals surface area contributed by atoms with Crippen molar-refractivity contribution in [3.8, 4) is 0 Å². The Bertz CT molecular complexity index is 934. The molecule has 2 aromatic carbocycles. The molecule has 4 N–H and O–H groups in total. The molecule has 0 radical (unpaired) electrons. The molecule has 0 saturated heterocycles. The smallest absolute Gasteiger partial charge is 0.407 e. The van der Waals surface area contributed by atoms with Crippen molar-refractivity contribution in [3.63, 3.8) is 0 Å². The van der Waals surface area contributed by atoms with Gasteiger partial charge in [-0.3, -0.25) is 14.9 Å². The number of aliphatic hydroxyl groups excluding tert-OH is 1. The first-order valence-corrected chi connectivity index (χ1v) is 9.62. The Labute approximate surface area is 183 Å². The lowest BCUT2D eigenvalue weighted by atomic mass is 10.1. The fourth-order valence-electron chi connectivity index (χ4n) is 2.70. The minimum Gasteiger partial charge on any atom is -0.480 e. The number of hydrogen-bond donors (Lipinski definition) is 4. The van der Waals surface area contributed by atoms with Crippen LogP contribution in [-0.4, -0.2) is 51.8 Å². The molecule has 0 spiro atoms. The van der Waals surface area contributed by atoms with Crippen molar-refractivity contribution >= 4 is 23.7 Å². The van der Waals surface area contributed by atoms with Crippen LogP contribution in [0.5, 0.6) is 0 Å². The van der Waals surface area contributed by atoms with Gasteiger partial charge in [0.2, 0.25) is 5.91 Å². The fraction of sp³-hybridized carbons (Fsp3) is 0.286. The summed E-state index contributed by atoms with van der Waals surface area (Å²) in [5.41, 5.74) is 1.13. The first-order valence-electron chi connectivity index (χ1n) is 9.62. The van der Waals surface area contributed by atoms with Gasteiger partial charge < -0.3 is 25.6 Å². The monoisotopic (exact) mass is 445 g/mol. The number of carbonyl (C=O) groups is 3. The van der Waals surface area contributed by atoms with Crippen molar-refractivity contribution in [2.45, 2.75) is 31.6 Å². The number of aliphatic hydroxyl groups is 1. The lowest BCUT2D eigenvalue weighted by Crippen LogP contribution is -2.44. The summed E-state index contributed by atoms with van der Waals surface area (Å²) in [4.78, 5) is 45.3. The van der Waals surface area contributed by atoms with E-state index in [1.807, 2.05) is 6.07 Å². The highest BCUT2D eigenvalue weighted by molar-refractivity contribution is 5.84. The molecule has 0 aliphatic heterocycles. The van der Waals surface area contributed by atoms with Crippen molar-refractivity contribution in [3.05, 3.63) is 75.8 Å². The van der Waals surface area contributed by atoms with Gasteiger partial charge >= 0.3 is 12.1 Å². The molecule has 11 nitrogen and oxygen atoms in total. The zero-order valence-electron chi connectivity index (χ0n) is 17.0. The molecular formula is C21H23N3O8. The molecule has 0 fully saturated rings. The van der Waals surface area contributed by atoms with Crippen molar-refractivity contribution in [2.75, 3.05) is 6.54 Å². The number of nitrogens with zero attached hydrogens (tertiary/aromatic N) is 1. The number of nitro benzene ring substituents is 1. The van der Waals surface area contributed by atoms with Crippen LogP contribution in [0.15, 0.2) is 54.6 Å². The number of hydrogen-bond acceptors (Lipinski definition) is 7. The normalized spacial score (nSPS) is 12.3. The first-order chi connectivity index (χ1) is 15.2. The van der Waals surface area contributed by atoms with Gasteiger partial charge in [0.15, 0.2) is 0 Å². The summed E-state index contributed by atoms with van der Waals surface area (Å²) >= 11 is 0. The fourth-order valence-corrected chi connectivity index (χ4v) is 2.70. The van der Waals surface area contributed by atoms with E-state index in [0.717, 1.165) is 5.56 Å². The molecule has 32 heavy (non-hydrogen) atoms. The second-order valence-corrected chi connectivity index (χ2v) is 6.89. The lowest BCUT2D eigenvalue weighted by Gasteiger charge is -2.17. The van der Waals surface area contributed by atoms with Gasteiger partial charge in [0, 0.05) is 25.1 Å². The summed E-state index contributed by atoms with van der Waals surface area (Å²) in [5.74, 6) is -2.03. The van der Waals surface area contributed by atoms with Crippen LogP contribution in [0.4, 0.5) is 10.5 Å². The third kappa shape index (κ3) is 8.40. The summed E-state index contributed by atoms with van der Waals surface area (Å²) in [5, 5.41) is 34.6. The van der Waals surface area contributed by atoms with E-state index in [4.69, 9.17) is 4.74 Å². The Morgan fingerprint density at radius 3 is 2.28 bits per heavy atom. The molecular weight excluding hydrogens is 422 g/mol. The second-order valence-electron chi connectivity index (χ2n) is 6.89. The zero-order chi connectivity index (χ0) is 23.5. The largest absolute Gasteiger partial charge is 0.480 e. The van der Waals surface area contributed by atoms with Crippen LogP contribution in [0.1, 0.15) is 17.5 Å². The van der Waals surface area contributed by atoms with Gasteiger partial charge in [-0.05, 0) is 11.1 Å². The van der Waals surface area contributed by atoms with Gasteiger partial charge in [0.05, 0.1) is 17.4 Å². The van der Waals surface area contributed by atoms with Crippen LogP contribution >= 0.6 is 0 Å². The average molecular weight is 445 g/mol. The number of rotatable bonds is 11. The maximum absolute atomic E-state index is 12.1. The van der Waals surface area contributed by atoms with Crippen LogP contribution in [0.2, 0.25) is 0 Å². The minimum absolute atomic E-state index is 0.0478. The zero-order valence-corrected chi connectivity index (χ0v) is 17.0. The van der Waals surface area contributed by atoms with Gasteiger partial charge in [0.25, 0.3) is 5.69 Å². The molecule has 170 valence electrons. The summed E-state index contributed by atoms with van der Waals surface area (Å²) in [7, 11) is 0. The third-order valence-electron chi connectivity index (χ3n) is 4.34. The highest BCUT2D eigenvalue weighted by Gasteiger charge is 2.22. The Kier molecular flexibility index (Phi) is 9.11. The van der Waals surface area contributed by atoms with E-state index in [1.54, 1.807) is 24.3 Å². The molecule has 0 aliphatic rings. The van der Waals surface area contributed by atoms with Crippen molar-refractivity contribution in [2.24, 2.45) is 0 Å². The number of alkyl carbamates (subject to hydrolysis) is 1. The molecule has 2 amide bonds. The van der Waals surface area contributed by atoms with E-state index in [9.17, 15) is 34.7 Å². The maximum Gasteiger partial charge on any atom is 0.407 e. The van der Waals surface area contributed by atoms with Crippen LogP contribution in [0.25, 0.3) is 0 Å². The number of amides is 2. The van der Waals surface area contributed by atoms with Gasteiger partial charge in [0.1, 0.15) is 12.6 Å². The number of benzene rings is 2. The molecule has 0 aromatic heterocycles. The Balaban J connectivity index is 1.76. The maximum atomic E-state index is 12.1. The third-order valence-corrected chi connectivity index (χ3v) is 4.34. The van der Waals surface area contributed by atoms with E-state index in [2.05, 4.69) is 10.6 Å². The van der Waals surface area contributed by atoms with Crippen molar-refractivity contribution in [1.29, 1.82) is 0 Å². The molecule has 2 rings (SSSR count). The molecule has 2 aromatic rings. The first kappa shape index (κ1) is 24.3. The number of nitrogens with one attached hydrogen (secondary N) is 2. The number of ether oxygens (including phenoxy) is 1. The summed E-state index contributed by atoms with van der Waals surface area (Å²) in [6.45, 7) is -0.215. The van der Waals surface area contributed by atoms with Gasteiger partial charge in [-0.2, -0.15) is 0 Å². The Hall–Kier alpha value is -3.99. The quantitative estimate of drug-likeness (QED) is 0.297. The summed E-state index contributed by atoms with van der Waals surface area (Å²) < 4.78 is 4.99. The van der Waals surface area contributed by atoms with E-state index in [-0.39, 0.29) is 25.3 Å². The molecule has 0 aliphatic carbocycles. The van der Waals surface area contributed by atoms with E-state index in [0.29, 0.717) is 5.56 Å². The Morgan fingerprint density at radius 1 is 1.03 bits per heavy atom. The molecule has 0 bridgehead atoms. The Morgan fingerprint density at radius 2 is 1.69 bits per heavy atom. The highest BCUT2D eigenvalue weighted by Crippen LogP contribution is 2.13. The SMILES string of the molecule is O=C(C[C@@H](O)CNC(=O)OCc1ccccc1)N[C@H](Cc1ccc([N+](=O)[O-])cc1)C(=O)O. The number of non-ortho nitro benzene ring substituents is 1. The number of nitro groups is 1.